The normalized spacial score (nSPS) is 17.4. The molecule has 234 valence electrons. The van der Waals surface area contributed by atoms with Crippen LogP contribution >= 0.6 is 0 Å². The number of nitrogens with one attached hydrogen (secondary N) is 3. The average Bonchev–Trinajstić information content (AvgIpc) is 3.18. The zero-order chi connectivity index (χ0) is 31.5. The molecule has 0 spiro atoms. The van der Waals surface area contributed by atoms with Gasteiger partial charge in [0, 0.05) is 39.1 Å². The largest absolute Gasteiger partial charge is 0.497 e. The molecule has 3 unspecified atom stereocenters. The van der Waals surface area contributed by atoms with E-state index in [4.69, 9.17) is 16.2 Å². The predicted molar refractivity (Wildman–Crippen MR) is 172 cm³/mol. The van der Waals surface area contributed by atoms with Gasteiger partial charge in [-0.15, -0.1) is 0 Å². The van der Waals surface area contributed by atoms with Crippen molar-refractivity contribution in [2.75, 3.05) is 33.8 Å². The highest BCUT2D eigenvalue weighted by Gasteiger charge is 2.37. The van der Waals surface area contributed by atoms with E-state index in [1.165, 1.54) is 0 Å². The van der Waals surface area contributed by atoms with Crippen molar-refractivity contribution in [3.8, 4) is 5.75 Å². The molecular weight excluding hydrogens is 558 g/mol. The molecule has 1 aliphatic heterocycles. The molecule has 7 N–H and O–H groups in total. The number of likely N-dealkylation sites (N-methyl/N-ethyl adjacent to an activating group) is 1. The second-order valence-corrected chi connectivity index (χ2v) is 11.0. The number of aliphatic imine (C=N–C) groups is 1. The monoisotopic (exact) mass is 601 g/mol. The van der Waals surface area contributed by atoms with E-state index in [1.807, 2.05) is 60.7 Å². The van der Waals surface area contributed by atoms with Crippen molar-refractivity contribution in [2.24, 2.45) is 16.5 Å². The Hall–Kier alpha value is -4.64. The third kappa shape index (κ3) is 8.93. The van der Waals surface area contributed by atoms with Crippen LogP contribution < -0.4 is 32.2 Å². The summed E-state index contributed by atoms with van der Waals surface area (Å²) in [5, 5.41) is 11.4. The summed E-state index contributed by atoms with van der Waals surface area (Å²) in [5.41, 5.74) is 12.8. The summed E-state index contributed by atoms with van der Waals surface area (Å²) in [5.74, 6) is 0.230. The van der Waals surface area contributed by atoms with Crippen molar-refractivity contribution in [3.05, 3.63) is 77.9 Å². The van der Waals surface area contributed by atoms with Crippen LogP contribution in [0.1, 0.15) is 30.4 Å². The van der Waals surface area contributed by atoms with E-state index in [1.54, 1.807) is 19.1 Å². The number of hydrogen-bond acceptors (Lipinski definition) is 6. The molecular formula is C33H43N7O4. The number of carbonyl (C=O) groups is 3. The highest BCUT2D eigenvalue weighted by Crippen LogP contribution is 2.21. The lowest BCUT2D eigenvalue weighted by atomic mass is 9.99. The number of amides is 3. The number of rotatable bonds is 13. The van der Waals surface area contributed by atoms with Crippen molar-refractivity contribution in [1.82, 2.24) is 20.9 Å². The maximum atomic E-state index is 14.0. The third-order valence-electron chi connectivity index (χ3n) is 7.92. The fourth-order valence-electron chi connectivity index (χ4n) is 5.55. The van der Waals surface area contributed by atoms with E-state index < -0.39 is 12.1 Å². The van der Waals surface area contributed by atoms with E-state index in [0.29, 0.717) is 45.3 Å². The highest BCUT2D eigenvalue weighted by molar-refractivity contribution is 5.90. The Morgan fingerprint density at radius 2 is 1.80 bits per heavy atom. The lowest BCUT2D eigenvalue weighted by Gasteiger charge is -2.31. The molecule has 0 aromatic heterocycles. The van der Waals surface area contributed by atoms with Crippen LogP contribution in [0.5, 0.6) is 5.75 Å². The minimum atomic E-state index is -0.695. The van der Waals surface area contributed by atoms with Crippen LogP contribution in [-0.4, -0.2) is 80.5 Å². The standard InChI is InChI=1S/C33H43N7O4/c1-36-31(42)29(19-23-9-12-24-6-3-4-7-25(24)18-23)40-17-15-26(39-28(32(40)43)8-5-16-37-33(34)35)21-38-30(41)20-22-10-13-27(44-2)14-11-22/h3-4,6-7,9-14,18,26,28-29,39H,5,8,15-17,19-21H2,1-2H3,(H,36,42)(H,38,41)(H4,34,35,37). The number of hydrogen-bond donors (Lipinski definition) is 5. The van der Waals surface area contributed by atoms with Crippen molar-refractivity contribution in [1.29, 1.82) is 0 Å². The second-order valence-electron chi connectivity index (χ2n) is 11.0. The molecule has 3 atom stereocenters. The summed E-state index contributed by atoms with van der Waals surface area (Å²) in [6.45, 7) is 1.09. The summed E-state index contributed by atoms with van der Waals surface area (Å²) < 4.78 is 5.19. The molecule has 1 heterocycles. The number of guanidine groups is 1. The molecule has 44 heavy (non-hydrogen) atoms. The van der Waals surface area contributed by atoms with Crippen LogP contribution in [0.2, 0.25) is 0 Å². The topological polar surface area (TPSA) is 164 Å². The van der Waals surface area contributed by atoms with Gasteiger partial charge < -0.3 is 37.1 Å². The molecule has 1 saturated heterocycles. The maximum absolute atomic E-state index is 14.0. The van der Waals surface area contributed by atoms with E-state index in [2.05, 4.69) is 27.0 Å². The number of methoxy groups -OCH3 is 1. The van der Waals surface area contributed by atoms with Gasteiger partial charge >= 0.3 is 0 Å². The lowest BCUT2D eigenvalue weighted by Crippen LogP contribution is -2.54. The van der Waals surface area contributed by atoms with Crippen LogP contribution in [0.4, 0.5) is 0 Å². The zero-order valence-electron chi connectivity index (χ0n) is 25.4. The van der Waals surface area contributed by atoms with Crippen molar-refractivity contribution in [2.45, 2.75) is 50.2 Å². The molecule has 11 heteroatoms. The van der Waals surface area contributed by atoms with Gasteiger partial charge in [-0.3, -0.25) is 19.4 Å². The Balaban J connectivity index is 1.49. The molecule has 0 saturated carbocycles. The molecule has 1 fully saturated rings. The van der Waals surface area contributed by atoms with Crippen LogP contribution in [-0.2, 0) is 27.2 Å². The van der Waals surface area contributed by atoms with Gasteiger partial charge in [-0.05, 0) is 53.3 Å². The Morgan fingerprint density at radius 3 is 2.50 bits per heavy atom. The fourth-order valence-corrected chi connectivity index (χ4v) is 5.55. The smallest absolute Gasteiger partial charge is 0.242 e. The molecule has 0 aliphatic carbocycles. The van der Waals surface area contributed by atoms with Gasteiger partial charge in [-0.1, -0.05) is 54.6 Å². The van der Waals surface area contributed by atoms with Crippen LogP contribution in [0.3, 0.4) is 0 Å². The summed E-state index contributed by atoms with van der Waals surface area (Å²) >= 11 is 0. The summed E-state index contributed by atoms with van der Waals surface area (Å²) in [4.78, 5) is 45.8. The highest BCUT2D eigenvalue weighted by atomic mass is 16.5. The molecule has 3 aromatic carbocycles. The Labute approximate surface area is 258 Å². The summed E-state index contributed by atoms with van der Waals surface area (Å²) in [7, 11) is 3.19. The minimum Gasteiger partial charge on any atom is -0.497 e. The van der Waals surface area contributed by atoms with Gasteiger partial charge in [0.05, 0.1) is 19.6 Å². The van der Waals surface area contributed by atoms with Gasteiger partial charge in [0.2, 0.25) is 17.7 Å². The lowest BCUT2D eigenvalue weighted by molar-refractivity contribution is -0.141. The van der Waals surface area contributed by atoms with Gasteiger partial charge in [-0.25, -0.2) is 0 Å². The van der Waals surface area contributed by atoms with Gasteiger partial charge in [0.25, 0.3) is 0 Å². The Bertz CT molecular complexity index is 1460. The Kier molecular flexibility index (Phi) is 11.5. The van der Waals surface area contributed by atoms with E-state index in [9.17, 15) is 14.4 Å². The SMILES string of the molecule is CNC(=O)C(Cc1ccc2ccccc2c1)N1CCC(CNC(=O)Cc2ccc(OC)cc2)NC(CCCN=C(N)N)C1=O. The molecule has 0 bridgehead atoms. The first-order valence-electron chi connectivity index (χ1n) is 15.0. The first-order valence-corrected chi connectivity index (χ1v) is 15.0. The predicted octanol–water partition coefficient (Wildman–Crippen LogP) is 1.48. The minimum absolute atomic E-state index is 0.000654. The fraction of sp³-hybridized carbons (Fsp3) is 0.394. The average molecular weight is 602 g/mol. The van der Waals surface area contributed by atoms with E-state index >= 15 is 0 Å². The van der Waals surface area contributed by atoms with Crippen molar-refractivity contribution < 1.29 is 19.1 Å². The molecule has 3 amide bonds. The molecule has 3 aromatic rings. The van der Waals surface area contributed by atoms with Crippen LogP contribution in [0, 0.1) is 0 Å². The van der Waals surface area contributed by atoms with Gasteiger partial charge in [0.1, 0.15) is 11.8 Å². The second kappa shape index (κ2) is 15.7. The Morgan fingerprint density at radius 1 is 1.07 bits per heavy atom. The number of benzene rings is 3. The number of nitrogens with zero attached hydrogens (tertiary/aromatic N) is 2. The van der Waals surface area contributed by atoms with Gasteiger partial charge in [0.15, 0.2) is 5.96 Å². The van der Waals surface area contributed by atoms with Crippen LogP contribution in [0.25, 0.3) is 10.8 Å². The van der Waals surface area contributed by atoms with Crippen molar-refractivity contribution in [3.63, 3.8) is 0 Å². The summed E-state index contributed by atoms with van der Waals surface area (Å²) in [6, 6.07) is 20.1. The summed E-state index contributed by atoms with van der Waals surface area (Å²) in [6.07, 6.45) is 2.21. The van der Waals surface area contributed by atoms with Gasteiger partial charge in [-0.2, -0.15) is 0 Å². The molecule has 11 nitrogen and oxygen atoms in total. The first-order chi connectivity index (χ1) is 21.3. The van der Waals surface area contributed by atoms with Crippen molar-refractivity contribution >= 4 is 34.5 Å². The third-order valence-corrected chi connectivity index (χ3v) is 7.92. The van der Waals surface area contributed by atoms with E-state index in [-0.39, 0.29) is 36.1 Å². The number of ether oxygens (including phenoxy) is 1. The molecule has 4 rings (SSSR count). The number of carbonyl (C=O) groups excluding carboxylic acids is 3. The quantitative estimate of drug-likeness (QED) is 0.113. The number of fused-ring (bicyclic) bond motifs is 1. The molecule has 1 aliphatic rings. The van der Waals surface area contributed by atoms with E-state index in [0.717, 1.165) is 27.6 Å². The van der Waals surface area contributed by atoms with Crippen LogP contribution in [0.15, 0.2) is 71.7 Å². The maximum Gasteiger partial charge on any atom is 0.242 e. The number of nitrogens with two attached hydrogens (primary N) is 2. The zero-order valence-corrected chi connectivity index (χ0v) is 25.4. The first kappa shape index (κ1) is 32.3. The molecule has 0 radical (unpaired) electrons.